The van der Waals surface area contributed by atoms with Gasteiger partial charge in [0.1, 0.15) is 0 Å². The maximum atomic E-state index is 12.9. The molecule has 2 aromatic carbocycles. The lowest BCUT2D eigenvalue weighted by molar-refractivity contribution is -0.120. The molecule has 186 valence electrons. The summed E-state index contributed by atoms with van der Waals surface area (Å²) in [5.41, 5.74) is 7.33. The number of benzene rings is 2. The van der Waals surface area contributed by atoms with Crippen LogP contribution in [0.25, 0.3) is 11.4 Å². The van der Waals surface area contributed by atoms with Crippen LogP contribution in [0.3, 0.4) is 0 Å². The molecule has 0 unspecified atom stereocenters. The highest BCUT2D eigenvalue weighted by atomic mass is 32.2. The molecule has 0 saturated heterocycles. The highest BCUT2D eigenvalue weighted by Crippen LogP contribution is 2.45. The molecule has 4 N–H and O–H groups in total. The Bertz CT molecular complexity index is 1300. The van der Waals surface area contributed by atoms with Crippen LogP contribution in [0.1, 0.15) is 58.4 Å². The van der Waals surface area contributed by atoms with Crippen LogP contribution in [-0.2, 0) is 14.8 Å². The van der Waals surface area contributed by atoms with Gasteiger partial charge in [0, 0.05) is 16.7 Å². The molecule has 1 aliphatic carbocycles. The Morgan fingerprint density at radius 2 is 1.80 bits per heavy atom. The topological polar surface area (TPSA) is 140 Å². The third kappa shape index (κ3) is 6.07. The second-order valence-corrected chi connectivity index (χ2v) is 11.4. The lowest BCUT2D eigenvalue weighted by atomic mass is 10.0. The molecule has 1 heterocycles. The van der Waals surface area contributed by atoms with E-state index < -0.39 is 10.0 Å². The van der Waals surface area contributed by atoms with Gasteiger partial charge in [-0.25, -0.2) is 8.42 Å². The fourth-order valence-electron chi connectivity index (χ4n) is 3.49. The van der Waals surface area contributed by atoms with E-state index in [1.54, 1.807) is 36.4 Å². The Morgan fingerprint density at radius 3 is 2.46 bits per heavy atom. The van der Waals surface area contributed by atoms with E-state index in [1.165, 1.54) is 12.1 Å². The van der Waals surface area contributed by atoms with Crippen LogP contribution in [-0.4, -0.2) is 24.5 Å². The zero-order valence-corrected chi connectivity index (χ0v) is 20.9. The second-order valence-electron chi connectivity index (χ2n) is 9.76. The second kappa shape index (κ2) is 9.79. The molecule has 1 aliphatic rings. The van der Waals surface area contributed by atoms with Gasteiger partial charge in [-0.15, -0.1) is 0 Å². The first-order valence-corrected chi connectivity index (χ1v) is 13.2. The quantitative estimate of drug-likeness (QED) is 0.368. The van der Waals surface area contributed by atoms with E-state index in [2.05, 4.69) is 34.0 Å². The van der Waals surface area contributed by atoms with E-state index in [1.807, 2.05) is 6.92 Å². The van der Waals surface area contributed by atoms with E-state index in [0.29, 0.717) is 34.6 Å². The molecule has 0 bridgehead atoms. The predicted molar refractivity (Wildman–Crippen MR) is 134 cm³/mol. The molecule has 0 aliphatic heterocycles. The minimum absolute atomic E-state index is 0.0569. The van der Waals surface area contributed by atoms with Gasteiger partial charge in [0.05, 0.1) is 16.6 Å². The predicted octanol–water partition coefficient (Wildman–Crippen LogP) is 4.71. The first-order valence-electron chi connectivity index (χ1n) is 11.7. The zero-order chi connectivity index (χ0) is 25.2. The smallest absolute Gasteiger partial charge is 0.261 e. The van der Waals surface area contributed by atoms with E-state index in [9.17, 15) is 13.2 Å². The summed E-state index contributed by atoms with van der Waals surface area (Å²) in [7, 11) is -3.84. The van der Waals surface area contributed by atoms with Crippen molar-refractivity contribution in [3.8, 4) is 11.4 Å². The van der Waals surface area contributed by atoms with Crippen molar-refractivity contribution in [1.29, 1.82) is 0 Å². The molecule has 35 heavy (non-hydrogen) atoms. The average molecular weight is 498 g/mol. The summed E-state index contributed by atoms with van der Waals surface area (Å²) in [5.74, 6) is 1.18. The van der Waals surface area contributed by atoms with Crippen molar-refractivity contribution in [3.63, 3.8) is 0 Å². The van der Waals surface area contributed by atoms with Gasteiger partial charge < -0.3 is 15.6 Å². The number of hydrogen-bond donors (Lipinski definition) is 3. The van der Waals surface area contributed by atoms with Gasteiger partial charge in [0.25, 0.3) is 10.0 Å². The SMILES string of the molecule is CC(C)CC[C@H](N)c1nc(-c2ccc(S(=O)(=O)Nc3cccc(NC(=O)C4(C)CC4)c3)cc2)no1. The summed E-state index contributed by atoms with van der Waals surface area (Å²) in [6.45, 7) is 6.16. The lowest BCUT2D eigenvalue weighted by Crippen LogP contribution is -2.21. The number of rotatable bonds is 10. The average Bonchev–Trinajstić information content (AvgIpc) is 3.38. The normalized spacial score (nSPS) is 15.6. The third-order valence-corrected chi connectivity index (χ3v) is 7.55. The third-order valence-electron chi connectivity index (χ3n) is 6.16. The minimum Gasteiger partial charge on any atom is -0.337 e. The van der Waals surface area contributed by atoms with Crippen molar-refractivity contribution in [2.75, 3.05) is 10.0 Å². The van der Waals surface area contributed by atoms with Crippen LogP contribution in [0.15, 0.2) is 57.9 Å². The van der Waals surface area contributed by atoms with E-state index in [4.69, 9.17) is 10.3 Å². The monoisotopic (exact) mass is 497 g/mol. The van der Waals surface area contributed by atoms with Gasteiger partial charge in [0.15, 0.2) is 0 Å². The number of carbonyl (C=O) groups is 1. The number of aromatic nitrogens is 2. The summed E-state index contributed by atoms with van der Waals surface area (Å²) >= 11 is 0. The number of nitrogens with two attached hydrogens (primary N) is 1. The van der Waals surface area contributed by atoms with Crippen molar-refractivity contribution >= 4 is 27.3 Å². The summed E-state index contributed by atoms with van der Waals surface area (Å²) in [4.78, 5) is 16.7. The van der Waals surface area contributed by atoms with Gasteiger partial charge in [-0.2, -0.15) is 4.98 Å². The van der Waals surface area contributed by atoms with E-state index in [-0.39, 0.29) is 22.3 Å². The van der Waals surface area contributed by atoms with E-state index >= 15 is 0 Å². The first-order chi connectivity index (χ1) is 16.6. The number of anilines is 2. The molecular weight excluding hydrogens is 466 g/mol. The van der Waals surface area contributed by atoms with Crippen molar-refractivity contribution in [2.45, 2.75) is 57.4 Å². The molecular formula is C25H31N5O4S. The molecule has 0 radical (unpaired) electrons. The zero-order valence-electron chi connectivity index (χ0n) is 20.1. The Morgan fingerprint density at radius 1 is 1.11 bits per heavy atom. The largest absolute Gasteiger partial charge is 0.337 e. The van der Waals surface area contributed by atoms with Crippen LogP contribution in [0.2, 0.25) is 0 Å². The van der Waals surface area contributed by atoms with Crippen molar-refractivity contribution in [2.24, 2.45) is 17.1 Å². The molecule has 10 heteroatoms. The molecule has 1 amide bonds. The van der Waals surface area contributed by atoms with Crippen LogP contribution in [0, 0.1) is 11.3 Å². The van der Waals surface area contributed by atoms with Crippen LogP contribution in [0.5, 0.6) is 0 Å². The summed E-state index contributed by atoms with van der Waals surface area (Å²) in [5, 5.41) is 6.84. The van der Waals surface area contributed by atoms with Gasteiger partial charge in [-0.1, -0.05) is 32.0 Å². The van der Waals surface area contributed by atoms with Crippen LogP contribution < -0.4 is 15.8 Å². The maximum absolute atomic E-state index is 12.9. The highest BCUT2D eigenvalue weighted by molar-refractivity contribution is 7.92. The van der Waals surface area contributed by atoms with Gasteiger partial charge >= 0.3 is 0 Å². The van der Waals surface area contributed by atoms with Crippen molar-refractivity contribution < 1.29 is 17.7 Å². The van der Waals surface area contributed by atoms with Gasteiger partial charge in [-0.3, -0.25) is 9.52 Å². The molecule has 1 atom stereocenters. The Labute approximate surface area is 205 Å². The number of nitrogens with one attached hydrogen (secondary N) is 2. The number of hydrogen-bond acceptors (Lipinski definition) is 7. The highest BCUT2D eigenvalue weighted by Gasteiger charge is 2.44. The first kappa shape index (κ1) is 24.9. The Hall–Kier alpha value is -3.24. The molecule has 3 aromatic rings. The molecule has 1 saturated carbocycles. The van der Waals surface area contributed by atoms with Crippen LogP contribution >= 0.6 is 0 Å². The summed E-state index contributed by atoms with van der Waals surface area (Å²) < 4.78 is 33.7. The van der Waals surface area contributed by atoms with Crippen LogP contribution in [0.4, 0.5) is 11.4 Å². The Balaban J connectivity index is 1.43. The van der Waals surface area contributed by atoms with Gasteiger partial charge in [-0.05, 0) is 74.1 Å². The number of amides is 1. The summed E-state index contributed by atoms with van der Waals surface area (Å²) in [6, 6.07) is 12.5. The van der Waals surface area contributed by atoms with Crippen molar-refractivity contribution in [3.05, 3.63) is 54.4 Å². The maximum Gasteiger partial charge on any atom is 0.261 e. The minimum atomic E-state index is -3.84. The number of nitrogens with zero attached hydrogens (tertiary/aromatic N) is 2. The molecule has 1 fully saturated rings. The molecule has 1 aromatic heterocycles. The number of carbonyl (C=O) groups excluding carboxylic acids is 1. The Kier molecular flexibility index (Phi) is 6.95. The number of sulfonamides is 1. The van der Waals surface area contributed by atoms with E-state index in [0.717, 1.165) is 25.7 Å². The fraction of sp³-hybridized carbons (Fsp3) is 0.400. The fourth-order valence-corrected chi connectivity index (χ4v) is 4.54. The standard InChI is InChI=1S/C25H31N5O4S/c1-16(2)7-12-21(26)23-28-22(29-34-23)17-8-10-20(11-9-17)35(32,33)30-19-6-4-5-18(15-19)27-24(31)25(3)13-14-25/h4-6,8-11,15-16,21,30H,7,12-14,26H2,1-3H3,(H,27,31)/t21-/m0/s1. The van der Waals surface area contributed by atoms with Crippen molar-refractivity contribution in [1.82, 2.24) is 10.1 Å². The lowest BCUT2D eigenvalue weighted by Gasteiger charge is -2.12. The molecule has 4 rings (SSSR count). The molecule has 9 nitrogen and oxygen atoms in total. The summed E-state index contributed by atoms with van der Waals surface area (Å²) in [6.07, 6.45) is 3.41. The molecule has 0 spiro atoms. The van der Waals surface area contributed by atoms with Gasteiger partial charge in [0.2, 0.25) is 17.6 Å².